The second kappa shape index (κ2) is 4.10. The Balaban J connectivity index is 2.80. The highest BCUT2D eigenvalue weighted by atomic mass is 16.4. The van der Waals surface area contributed by atoms with E-state index >= 15 is 0 Å². The Hall–Kier alpha value is -1.05. The van der Waals surface area contributed by atoms with E-state index in [4.69, 9.17) is 4.42 Å². The lowest BCUT2D eigenvalue weighted by Crippen LogP contribution is -2.01. The average molecular weight is 166 g/mol. The lowest BCUT2D eigenvalue weighted by Gasteiger charge is -2.06. The molecule has 2 heteroatoms. The second-order valence-corrected chi connectivity index (χ2v) is 3.04. The van der Waals surface area contributed by atoms with E-state index in [0.29, 0.717) is 5.92 Å². The molecule has 0 spiro atoms. The van der Waals surface area contributed by atoms with Crippen LogP contribution in [-0.2, 0) is 0 Å². The standard InChI is InChI=1S/C10H14O2/c1-3-5-8(2)9-6-4-7-10(11)12-9/h4,6-8H,3,5H2,1-2H3/t8-/m1/s1. The van der Waals surface area contributed by atoms with Gasteiger partial charge in [0.15, 0.2) is 0 Å². The lowest BCUT2D eigenvalue weighted by atomic mass is 10.0. The minimum atomic E-state index is -0.254. The zero-order valence-corrected chi connectivity index (χ0v) is 7.54. The van der Waals surface area contributed by atoms with Gasteiger partial charge >= 0.3 is 5.63 Å². The molecule has 0 fully saturated rings. The quantitative estimate of drug-likeness (QED) is 0.690. The highest BCUT2D eigenvalue weighted by Gasteiger charge is 2.05. The van der Waals surface area contributed by atoms with Crippen molar-refractivity contribution in [3.63, 3.8) is 0 Å². The Labute approximate surface area is 72.2 Å². The molecule has 0 aromatic carbocycles. The van der Waals surface area contributed by atoms with Crippen molar-refractivity contribution >= 4 is 0 Å². The first kappa shape index (κ1) is 9.04. The molecule has 0 saturated heterocycles. The van der Waals surface area contributed by atoms with Crippen LogP contribution in [-0.4, -0.2) is 0 Å². The Morgan fingerprint density at radius 3 is 2.83 bits per heavy atom. The van der Waals surface area contributed by atoms with Gasteiger partial charge in [-0.1, -0.05) is 26.3 Å². The van der Waals surface area contributed by atoms with Crippen LogP contribution in [0.25, 0.3) is 0 Å². The van der Waals surface area contributed by atoms with E-state index in [0.717, 1.165) is 18.6 Å². The highest BCUT2D eigenvalue weighted by Crippen LogP contribution is 2.18. The van der Waals surface area contributed by atoms with Crippen LogP contribution in [0.4, 0.5) is 0 Å². The fraction of sp³-hybridized carbons (Fsp3) is 0.500. The Bertz CT molecular complexity index is 288. The van der Waals surface area contributed by atoms with E-state index in [1.807, 2.05) is 6.07 Å². The molecule has 1 aromatic heterocycles. The Morgan fingerprint density at radius 2 is 2.25 bits per heavy atom. The molecule has 0 aliphatic carbocycles. The molecule has 0 radical (unpaired) electrons. The van der Waals surface area contributed by atoms with E-state index < -0.39 is 0 Å². The van der Waals surface area contributed by atoms with Gasteiger partial charge in [-0.3, -0.25) is 0 Å². The summed E-state index contributed by atoms with van der Waals surface area (Å²) in [5.74, 6) is 1.15. The summed E-state index contributed by atoms with van der Waals surface area (Å²) in [5.41, 5.74) is -0.254. The van der Waals surface area contributed by atoms with Gasteiger partial charge in [0.25, 0.3) is 0 Å². The van der Waals surface area contributed by atoms with E-state index in [-0.39, 0.29) is 5.63 Å². The van der Waals surface area contributed by atoms with Crippen LogP contribution >= 0.6 is 0 Å². The third kappa shape index (κ3) is 2.22. The summed E-state index contributed by atoms with van der Waals surface area (Å²) in [6.45, 7) is 4.19. The minimum absolute atomic E-state index is 0.254. The van der Waals surface area contributed by atoms with E-state index in [1.54, 1.807) is 6.07 Å². The van der Waals surface area contributed by atoms with Crippen molar-refractivity contribution in [2.24, 2.45) is 0 Å². The maximum atomic E-state index is 10.8. The first-order valence-corrected chi connectivity index (χ1v) is 4.34. The smallest absolute Gasteiger partial charge is 0.335 e. The third-order valence-electron chi connectivity index (χ3n) is 1.92. The predicted octanol–water partition coefficient (Wildman–Crippen LogP) is 2.54. The van der Waals surface area contributed by atoms with Crippen molar-refractivity contribution in [3.8, 4) is 0 Å². The van der Waals surface area contributed by atoms with Crippen LogP contribution in [0.15, 0.2) is 27.4 Å². The fourth-order valence-corrected chi connectivity index (χ4v) is 1.25. The second-order valence-electron chi connectivity index (χ2n) is 3.04. The van der Waals surface area contributed by atoms with Gasteiger partial charge < -0.3 is 4.42 Å². The fourth-order valence-electron chi connectivity index (χ4n) is 1.25. The summed E-state index contributed by atoms with van der Waals surface area (Å²) in [4.78, 5) is 10.8. The van der Waals surface area contributed by atoms with Crippen LogP contribution < -0.4 is 5.63 Å². The van der Waals surface area contributed by atoms with Gasteiger partial charge in [0.1, 0.15) is 5.76 Å². The van der Waals surface area contributed by atoms with Crippen molar-refractivity contribution in [1.82, 2.24) is 0 Å². The van der Waals surface area contributed by atoms with E-state index in [9.17, 15) is 4.79 Å². The SMILES string of the molecule is CCC[C@@H](C)c1cccc(=O)o1. The van der Waals surface area contributed by atoms with Crippen LogP contribution in [0.5, 0.6) is 0 Å². The summed E-state index contributed by atoms with van der Waals surface area (Å²) in [7, 11) is 0. The zero-order chi connectivity index (χ0) is 8.97. The van der Waals surface area contributed by atoms with Gasteiger partial charge in [-0.2, -0.15) is 0 Å². The summed E-state index contributed by atoms with van der Waals surface area (Å²) in [6.07, 6.45) is 2.17. The van der Waals surface area contributed by atoms with Crippen molar-refractivity contribution in [1.29, 1.82) is 0 Å². The van der Waals surface area contributed by atoms with E-state index in [2.05, 4.69) is 13.8 Å². The molecule has 0 saturated carbocycles. The minimum Gasteiger partial charge on any atom is -0.428 e. The van der Waals surface area contributed by atoms with Crippen LogP contribution in [0.1, 0.15) is 38.4 Å². The van der Waals surface area contributed by atoms with E-state index in [1.165, 1.54) is 6.07 Å². The molecular weight excluding hydrogens is 152 g/mol. The summed E-state index contributed by atoms with van der Waals surface area (Å²) < 4.78 is 5.04. The molecule has 66 valence electrons. The monoisotopic (exact) mass is 166 g/mol. The largest absolute Gasteiger partial charge is 0.428 e. The van der Waals surface area contributed by atoms with Gasteiger partial charge in [-0.05, 0) is 12.5 Å². The first-order chi connectivity index (χ1) is 5.74. The average Bonchev–Trinajstić information content (AvgIpc) is 2.05. The molecule has 0 aliphatic rings. The molecule has 0 N–H and O–H groups in total. The van der Waals surface area contributed by atoms with Crippen LogP contribution in [0.2, 0.25) is 0 Å². The zero-order valence-electron chi connectivity index (χ0n) is 7.54. The molecule has 1 rings (SSSR count). The van der Waals surface area contributed by atoms with Gasteiger partial charge in [0.2, 0.25) is 0 Å². The Kier molecular flexibility index (Phi) is 3.09. The topological polar surface area (TPSA) is 30.2 Å². The van der Waals surface area contributed by atoms with Crippen molar-refractivity contribution in [2.75, 3.05) is 0 Å². The van der Waals surface area contributed by atoms with Gasteiger partial charge in [-0.25, -0.2) is 4.79 Å². The molecule has 0 aliphatic heterocycles. The lowest BCUT2D eigenvalue weighted by molar-refractivity contribution is 0.420. The number of rotatable bonds is 3. The molecule has 12 heavy (non-hydrogen) atoms. The maximum Gasteiger partial charge on any atom is 0.335 e. The third-order valence-corrected chi connectivity index (χ3v) is 1.92. The molecule has 0 amide bonds. The molecule has 1 heterocycles. The molecule has 0 bridgehead atoms. The number of hydrogen-bond acceptors (Lipinski definition) is 2. The van der Waals surface area contributed by atoms with Crippen molar-refractivity contribution in [3.05, 3.63) is 34.4 Å². The normalized spacial score (nSPS) is 12.8. The summed E-state index contributed by atoms with van der Waals surface area (Å²) in [6, 6.07) is 5.04. The molecular formula is C10H14O2. The summed E-state index contributed by atoms with van der Waals surface area (Å²) >= 11 is 0. The van der Waals surface area contributed by atoms with Gasteiger partial charge in [-0.15, -0.1) is 0 Å². The van der Waals surface area contributed by atoms with Gasteiger partial charge in [0.05, 0.1) is 0 Å². The van der Waals surface area contributed by atoms with Crippen molar-refractivity contribution in [2.45, 2.75) is 32.6 Å². The predicted molar refractivity (Wildman–Crippen MR) is 48.3 cm³/mol. The summed E-state index contributed by atoms with van der Waals surface area (Å²) in [5, 5.41) is 0. The molecule has 2 nitrogen and oxygen atoms in total. The van der Waals surface area contributed by atoms with Gasteiger partial charge in [0, 0.05) is 12.0 Å². The van der Waals surface area contributed by atoms with Crippen molar-refractivity contribution < 1.29 is 4.42 Å². The first-order valence-electron chi connectivity index (χ1n) is 4.34. The molecule has 1 atom stereocenters. The number of hydrogen-bond donors (Lipinski definition) is 0. The molecule has 1 aromatic rings. The highest BCUT2D eigenvalue weighted by molar-refractivity contribution is 5.03. The van der Waals surface area contributed by atoms with Crippen LogP contribution in [0, 0.1) is 0 Å². The maximum absolute atomic E-state index is 10.8. The molecule has 0 unspecified atom stereocenters. The van der Waals surface area contributed by atoms with Crippen LogP contribution in [0.3, 0.4) is 0 Å². The Morgan fingerprint density at radius 1 is 1.50 bits per heavy atom.